The van der Waals surface area contributed by atoms with Gasteiger partial charge in [0.2, 0.25) is 5.88 Å². The van der Waals surface area contributed by atoms with Crippen molar-refractivity contribution in [3.8, 4) is 39.8 Å². The third-order valence-electron chi connectivity index (χ3n) is 4.76. The number of aromatic nitrogens is 1. The highest BCUT2D eigenvalue weighted by atomic mass is 16.5. The minimum atomic E-state index is 0.356. The summed E-state index contributed by atoms with van der Waals surface area (Å²) in [6, 6.07) is 19.7. The average molecular weight is 374 g/mol. The zero-order chi connectivity index (χ0) is 19.5. The van der Waals surface area contributed by atoms with Crippen molar-refractivity contribution in [1.29, 1.82) is 0 Å². The van der Waals surface area contributed by atoms with Crippen molar-refractivity contribution < 1.29 is 13.9 Å². The quantitative estimate of drug-likeness (QED) is 0.522. The number of nitrogens with zero attached hydrogens (tertiary/aromatic N) is 1. The molecular weight excluding hydrogens is 352 g/mol. The van der Waals surface area contributed by atoms with Crippen LogP contribution in [0.1, 0.15) is 5.56 Å². The monoisotopic (exact) mass is 374 g/mol. The Balaban J connectivity index is 1.94. The maximum absolute atomic E-state index is 6.36. The van der Waals surface area contributed by atoms with Crippen molar-refractivity contribution in [1.82, 2.24) is 4.57 Å². The number of rotatable bonds is 6. The lowest BCUT2D eigenvalue weighted by molar-refractivity contribution is 0.414. The molecule has 5 heteroatoms. The number of methoxy groups -OCH3 is 2. The van der Waals surface area contributed by atoms with E-state index in [1.54, 1.807) is 14.2 Å². The van der Waals surface area contributed by atoms with E-state index in [0.717, 1.165) is 45.4 Å². The molecule has 2 heterocycles. The molecule has 5 nitrogen and oxygen atoms in total. The summed E-state index contributed by atoms with van der Waals surface area (Å²) in [5.41, 5.74) is 10.1. The number of benzene rings is 2. The van der Waals surface area contributed by atoms with E-state index in [2.05, 4.69) is 0 Å². The molecule has 0 unspecified atom stereocenters. The summed E-state index contributed by atoms with van der Waals surface area (Å²) in [6.07, 6.45) is 3.90. The van der Waals surface area contributed by atoms with Crippen LogP contribution in [0.3, 0.4) is 0 Å². The molecular formula is C23H22N2O3. The van der Waals surface area contributed by atoms with Gasteiger partial charge in [-0.2, -0.15) is 0 Å². The summed E-state index contributed by atoms with van der Waals surface area (Å²) in [6.45, 7) is 0.356. The predicted octanol–water partition coefficient (Wildman–Crippen LogP) is 4.88. The minimum Gasteiger partial charge on any atom is -0.497 e. The summed E-state index contributed by atoms with van der Waals surface area (Å²) in [5, 5.41) is 0. The lowest BCUT2D eigenvalue weighted by atomic mass is 9.97. The zero-order valence-electron chi connectivity index (χ0n) is 15.9. The standard InChI is InChI=1S/C23H22N2O3/c1-26-18-9-5-16(6-10-18)21-20(15-24)23(25-13-3-4-14-25)28-22(21)17-7-11-19(27-2)12-8-17/h3-14H,15,24H2,1-2H3. The number of nitrogens with two attached hydrogens (primary N) is 1. The molecule has 0 radical (unpaired) electrons. The zero-order valence-corrected chi connectivity index (χ0v) is 15.9. The van der Waals surface area contributed by atoms with Crippen molar-refractivity contribution in [3.05, 3.63) is 78.6 Å². The second-order valence-corrected chi connectivity index (χ2v) is 6.34. The Morgan fingerprint density at radius 3 is 1.86 bits per heavy atom. The van der Waals surface area contributed by atoms with Crippen LogP contribution >= 0.6 is 0 Å². The summed E-state index contributed by atoms with van der Waals surface area (Å²) in [7, 11) is 3.31. The third kappa shape index (κ3) is 3.17. The van der Waals surface area contributed by atoms with Gasteiger partial charge in [-0.05, 0) is 54.1 Å². The first-order valence-electron chi connectivity index (χ1n) is 9.03. The highest BCUT2D eigenvalue weighted by Crippen LogP contribution is 2.41. The lowest BCUT2D eigenvalue weighted by Gasteiger charge is -2.08. The first-order valence-corrected chi connectivity index (χ1v) is 9.03. The molecule has 0 saturated carbocycles. The van der Waals surface area contributed by atoms with E-state index in [4.69, 9.17) is 19.6 Å². The van der Waals surface area contributed by atoms with Crippen LogP contribution in [-0.4, -0.2) is 18.8 Å². The predicted molar refractivity (Wildman–Crippen MR) is 110 cm³/mol. The minimum absolute atomic E-state index is 0.356. The Labute approximate surface area is 163 Å². The maximum Gasteiger partial charge on any atom is 0.209 e. The smallest absolute Gasteiger partial charge is 0.209 e. The van der Waals surface area contributed by atoms with Gasteiger partial charge in [0.05, 0.1) is 14.2 Å². The summed E-state index contributed by atoms with van der Waals surface area (Å²) < 4.78 is 18.9. The summed E-state index contributed by atoms with van der Waals surface area (Å²) in [5.74, 6) is 3.10. The molecule has 0 atom stereocenters. The van der Waals surface area contributed by atoms with Crippen molar-refractivity contribution in [3.63, 3.8) is 0 Å². The van der Waals surface area contributed by atoms with E-state index in [-0.39, 0.29) is 0 Å². The molecule has 4 rings (SSSR count). The highest BCUT2D eigenvalue weighted by molar-refractivity contribution is 5.85. The van der Waals surface area contributed by atoms with Gasteiger partial charge in [-0.25, -0.2) is 0 Å². The number of hydrogen-bond acceptors (Lipinski definition) is 4. The van der Waals surface area contributed by atoms with Gasteiger partial charge >= 0.3 is 0 Å². The van der Waals surface area contributed by atoms with Gasteiger partial charge in [0, 0.05) is 35.6 Å². The topological polar surface area (TPSA) is 62.5 Å². The molecule has 0 fully saturated rings. The van der Waals surface area contributed by atoms with Crippen LogP contribution in [0.15, 0.2) is 77.5 Å². The van der Waals surface area contributed by atoms with Crippen LogP contribution < -0.4 is 15.2 Å². The summed E-state index contributed by atoms with van der Waals surface area (Å²) in [4.78, 5) is 0. The van der Waals surface area contributed by atoms with Crippen LogP contribution in [0.4, 0.5) is 0 Å². The Kier molecular flexibility index (Phi) is 4.91. The van der Waals surface area contributed by atoms with Gasteiger partial charge in [0.15, 0.2) is 0 Å². The SMILES string of the molecule is COc1ccc(-c2oc(-n3cccc3)c(CN)c2-c2ccc(OC)cc2)cc1. The molecule has 4 aromatic rings. The molecule has 0 spiro atoms. The fourth-order valence-electron chi connectivity index (χ4n) is 3.33. The van der Waals surface area contributed by atoms with Gasteiger partial charge in [-0.15, -0.1) is 0 Å². The van der Waals surface area contributed by atoms with Crippen LogP contribution in [0, 0.1) is 0 Å². The largest absolute Gasteiger partial charge is 0.497 e. The summed E-state index contributed by atoms with van der Waals surface area (Å²) >= 11 is 0. The number of hydrogen-bond donors (Lipinski definition) is 1. The molecule has 0 aliphatic heterocycles. The Hall–Kier alpha value is -3.44. The number of ether oxygens (including phenoxy) is 2. The van der Waals surface area contributed by atoms with Crippen molar-refractivity contribution in [2.24, 2.45) is 5.73 Å². The maximum atomic E-state index is 6.36. The van der Waals surface area contributed by atoms with E-state index in [0.29, 0.717) is 6.54 Å². The van der Waals surface area contributed by atoms with E-state index in [1.165, 1.54) is 0 Å². The van der Waals surface area contributed by atoms with E-state index >= 15 is 0 Å². The molecule has 0 bridgehead atoms. The molecule has 2 aromatic carbocycles. The van der Waals surface area contributed by atoms with Crippen LogP contribution in [-0.2, 0) is 6.54 Å². The first-order chi connectivity index (χ1) is 13.7. The van der Waals surface area contributed by atoms with Gasteiger partial charge in [0.1, 0.15) is 17.3 Å². The fraction of sp³-hybridized carbons (Fsp3) is 0.130. The fourth-order valence-corrected chi connectivity index (χ4v) is 3.33. The molecule has 142 valence electrons. The highest BCUT2D eigenvalue weighted by Gasteiger charge is 2.23. The van der Waals surface area contributed by atoms with Crippen LogP contribution in [0.2, 0.25) is 0 Å². The number of furan rings is 1. The molecule has 2 aromatic heterocycles. The van der Waals surface area contributed by atoms with Crippen LogP contribution in [0.5, 0.6) is 11.5 Å². The second-order valence-electron chi connectivity index (χ2n) is 6.34. The van der Waals surface area contributed by atoms with Crippen molar-refractivity contribution in [2.45, 2.75) is 6.54 Å². The van der Waals surface area contributed by atoms with E-state index < -0.39 is 0 Å². The van der Waals surface area contributed by atoms with Gasteiger partial charge < -0.3 is 19.6 Å². The molecule has 0 saturated heterocycles. The van der Waals surface area contributed by atoms with Gasteiger partial charge in [-0.3, -0.25) is 4.57 Å². The molecule has 0 amide bonds. The van der Waals surface area contributed by atoms with Gasteiger partial charge in [0.25, 0.3) is 0 Å². The van der Waals surface area contributed by atoms with Gasteiger partial charge in [-0.1, -0.05) is 12.1 Å². The second kappa shape index (κ2) is 7.66. The van der Waals surface area contributed by atoms with E-state index in [1.807, 2.05) is 77.6 Å². The van der Waals surface area contributed by atoms with Crippen molar-refractivity contribution >= 4 is 0 Å². The van der Waals surface area contributed by atoms with Crippen LogP contribution in [0.25, 0.3) is 28.3 Å². The third-order valence-corrected chi connectivity index (χ3v) is 4.76. The molecule has 0 aliphatic carbocycles. The Bertz CT molecular complexity index is 1050. The Morgan fingerprint density at radius 2 is 1.36 bits per heavy atom. The molecule has 2 N–H and O–H groups in total. The average Bonchev–Trinajstić information content (AvgIpc) is 3.41. The lowest BCUT2D eigenvalue weighted by Crippen LogP contribution is -2.02. The normalized spacial score (nSPS) is 10.8. The van der Waals surface area contributed by atoms with E-state index in [9.17, 15) is 0 Å². The first kappa shape index (κ1) is 17.9. The molecule has 28 heavy (non-hydrogen) atoms. The Morgan fingerprint density at radius 1 is 0.821 bits per heavy atom. The molecule has 0 aliphatic rings. The van der Waals surface area contributed by atoms with Crippen molar-refractivity contribution in [2.75, 3.05) is 14.2 Å².